The largest absolute Gasteiger partial charge is 0.457 e. The Morgan fingerprint density at radius 2 is 2.00 bits per heavy atom. The minimum atomic E-state index is -0.0954. The van der Waals surface area contributed by atoms with Crippen molar-refractivity contribution in [3.8, 4) is 0 Å². The van der Waals surface area contributed by atoms with Gasteiger partial charge in [-0.15, -0.1) is 0 Å². The second-order valence-corrected chi connectivity index (χ2v) is 9.83. The van der Waals surface area contributed by atoms with E-state index < -0.39 is 0 Å². The molecule has 0 saturated carbocycles. The number of fused-ring (bicyclic) bond motifs is 2. The molecule has 4 rings (SSSR count). The number of amides is 2. The Hall–Kier alpha value is -1.69. The molecule has 2 N–H and O–H groups in total. The van der Waals surface area contributed by atoms with Crippen molar-refractivity contribution in [1.82, 2.24) is 10.6 Å². The van der Waals surface area contributed by atoms with Crippen molar-refractivity contribution in [1.29, 1.82) is 0 Å². The van der Waals surface area contributed by atoms with E-state index in [1.54, 1.807) is 0 Å². The van der Waals surface area contributed by atoms with Crippen LogP contribution in [0.2, 0.25) is 0 Å². The van der Waals surface area contributed by atoms with Crippen LogP contribution in [0.15, 0.2) is 24.3 Å². The number of esters is 1. The van der Waals surface area contributed by atoms with Gasteiger partial charge in [0, 0.05) is 17.4 Å². The summed E-state index contributed by atoms with van der Waals surface area (Å²) in [7, 11) is 0. The summed E-state index contributed by atoms with van der Waals surface area (Å²) in [5.74, 6) is 1.91. The van der Waals surface area contributed by atoms with E-state index in [0.29, 0.717) is 23.5 Å². The lowest BCUT2D eigenvalue weighted by Crippen LogP contribution is -2.36. The summed E-state index contributed by atoms with van der Waals surface area (Å²) in [6.07, 6.45) is 4.14. The molecule has 1 aliphatic carbocycles. The van der Waals surface area contributed by atoms with Crippen LogP contribution in [0.4, 0.5) is 4.79 Å². The van der Waals surface area contributed by atoms with Crippen LogP contribution in [0.3, 0.4) is 0 Å². The van der Waals surface area contributed by atoms with Gasteiger partial charge in [-0.2, -0.15) is 11.8 Å². The molecule has 0 unspecified atom stereocenters. The molecule has 0 radical (unpaired) electrons. The SMILES string of the molecule is CC(C)[C@@H]1C[C@@H](OC(=O)CCCC[C@@H]2SC[C@H]3NC(=O)N[C@@H]23)c2ccccc21. The van der Waals surface area contributed by atoms with Crippen molar-refractivity contribution in [3.63, 3.8) is 0 Å². The quantitative estimate of drug-likeness (QED) is 0.409. The highest BCUT2D eigenvalue weighted by Gasteiger charge is 2.42. The second-order valence-electron chi connectivity index (χ2n) is 8.56. The van der Waals surface area contributed by atoms with E-state index in [2.05, 4.69) is 42.7 Å². The van der Waals surface area contributed by atoms with E-state index in [1.807, 2.05) is 17.8 Å². The Morgan fingerprint density at radius 1 is 1.21 bits per heavy atom. The molecule has 2 fully saturated rings. The summed E-state index contributed by atoms with van der Waals surface area (Å²) in [5.41, 5.74) is 2.53. The van der Waals surface area contributed by atoms with Crippen LogP contribution in [-0.4, -0.2) is 35.1 Å². The first-order valence-electron chi connectivity index (χ1n) is 10.5. The number of benzene rings is 1. The number of hydrogen-bond donors (Lipinski definition) is 2. The standard InChI is InChI=1S/C22H30N2O3S/c1-13(2)16-11-18(15-8-4-3-7-14(15)16)27-20(25)10-6-5-9-19-21-17(12-28-19)23-22(26)24-21/h3-4,7-8,13,16-19,21H,5-6,9-12H2,1-2H3,(H2,23,24,26)/t16-,17+,18+,19-,21+/m0/s1. The highest BCUT2D eigenvalue weighted by molar-refractivity contribution is 8.00. The molecule has 5 atom stereocenters. The van der Waals surface area contributed by atoms with E-state index >= 15 is 0 Å². The molecule has 2 amide bonds. The van der Waals surface area contributed by atoms with Gasteiger partial charge in [0.1, 0.15) is 6.10 Å². The van der Waals surface area contributed by atoms with Crippen LogP contribution in [-0.2, 0) is 9.53 Å². The van der Waals surface area contributed by atoms with Gasteiger partial charge in [-0.3, -0.25) is 4.79 Å². The Morgan fingerprint density at radius 3 is 2.79 bits per heavy atom. The van der Waals surface area contributed by atoms with Crippen molar-refractivity contribution in [2.45, 2.75) is 75.3 Å². The van der Waals surface area contributed by atoms with Gasteiger partial charge in [-0.1, -0.05) is 44.5 Å². The zero-order chi connectivity index (χ0) is 19.7. The van der Waals surface area contributed by atoms with Crippen LogP contribution in [0.1, 0.15) is 69.1 Å². The molecule has 5 nitrogen and oxygen atoms in total. The summed E-state index contributed by atoms with van der Waals surface area (Å²) in [4.78, 5) is 23.9. The molecule has 1 aromatic rings. The molecule has 28 heavy (non-hydrogen) atoms. The van der Waals surface area contributed by atoms with E-state index in [4.69, 9.17) is 4.74 Å². The number of ether oxygens (including phenoxy) is 1. The monoisotopic (exact) mass is 402 g/mol. The number of unbranched alkanes of at least 4 members (excludes halogenated alkanes) is 1. The van der Waals surface area contributed by atoms with Crippen LogP contribution in [0.25, 0.3) is 0 Å². The molecule has 0 spiro atoms. The first-order chi connectivity index (χ1) is 13.5. The number of urea groups is 1. The topological polar surface area (TPSA) is 67.4 Å². The summed E-state index contributed by atoms with van der Waals surface area (Å²) in [6.45, 7) is 4.47. The molecule has 152 valence electrons. The van der Waals surface area contributed by atoms with Gasteiger partial charge in [0.05, 0.1) is 12.1 Å². The maximum Gasteiger partial charge on any atom is 0.315 e. The molecular formula is C22H30N2O3S. The molecule has 2 aliphatic heterocycles. The van der Waals surface area contributed by atoms with Crippen molar-refractivity contribution in [3.05, 3.63) is 35.4 Å². The number of nitrogens with one attached hydrogen (secondary N) is 2. The van der Waals surface area contributed by atoms with Gasteiger partial charge >= 0.3 is 12.0 Å². The average molecular weight is 403 g/mol. The first kappa shape index (κ1) is 19.6. The second kappa shape index (κ2) is 8.36. The van der Waals surface area contributed by atoms with Gasteiger partial charge in [-0.25, -0.2) is 4.79 Å². The maximum absolute atomic E-state index is 12.4. The number of thioether (sulfide) groups is 1. The third kappa shape index (κ3) is 4.02. The first-order valence-corrected chi connectivity index (χ1v) is 11.5. The van der Waals surface area contributed by atoms with Gasteiger partial charge in [-0.05, 0) is 42.2 Å². The number of carbonyl (C=O) groups excluding carboxylic acids is 2. The minimum Gasteiger partial charge on any atom is -0.457 e. The lowest BCUT2D eigenvalue weighted by atomic mass is 9.90. The smallest absolute Gasteiger partial charge is 0.315 e. The average Bonchev–Trinajstić information content (AvgIpc) is 3.32. The fourth-order valence-electron chi connectivity index (χ4n) is 4.84. The molecule has 6 heteroatoms. The highest BCUT2D eigenvalue weighted by Crippen LogP contribution is 2.45. The predicted molar refractivity (Wildman–Crippen MR) is 111 cm³/mol. The minimum absolute atomic E-state index is 0.0413. The third-order valence-corrected chi connectivity index (χ3v) is 7.86. The Labute approximate surface area is 171 Å². The molecule has 0 bridgehead atoms. The van der Waals surface area contributed by atoms with Gasteiger partial charge in [0.2, 0.25) is 0 Å². The van der Waals surface area contributed by atoms with Crippen LogP contribution >= 0.6 is 11.8 Å². The molecule has 2 heterocycles. The maximum atomic E-state index is 12.4. The van der Waals surface area contributed by atoms with Crippen molar-refractivity contribution in [2.24, 2.45) is 5.92 Å². The third-order valence-electron chi connectivity index (χ3n) is 6.35. The van der Waals surface area contributed by atoms with Crippen molar-refractivity contribution >= 4 is 23.8 Å². The molecule has 3 aliphatic rings. The number of rotatable bonds is 7. The Kier molecular flexibility index (Phi) is 5.85. The molecule has 1 aromatic carbocycles. The Bertz CT molecular complexity index is 738. The van der Waals surface area contributed by atoms with Gasteiger partial charge in [0.25, 0.3) is 0 Å². The van der Waals surface area contributed by atoms with Crippen LogP contribution < -0.4 is 10.6 Å². The predicted octanol–water partition coefficient (Wildman–Crippen LogP) is 4.14. The lowest BCUT2D eigenvalue weighted by molar-refractivity contribution is -0.149. The van der Waals surface area contributed by atoms with E-state index in [-0.39, 0.29) is 30.2 Å². The molecular weight excluding hydrogens is 372 g/mol. The van der Waals surface area contributed by atoms with Crippen LogP contribution in [0.5, 0.6) is 0 Å². The van der Waals surface area contributed by atoms with E-state index in [0.717, 1.165) is 31.4 Å². The summed E-state index contributed by atoms with van der Waals surface area (Å²) < 4.78 is 5.86. The van der Waals surface area contributed by atoms with Crippen LogP contribution in [0, 0.1) is 5.92 Å². The summed E-state index contributed by atoms with van der Waals surface area (Å²) in [6, 6.07) is 8.86. The highest BCUT2D eigenvalue weighted by atomic mass is 32.2. The Balaban J connectivity index is 1.22. The van der Waals surface area contributed by atoms with Gasteiger partial charge < -0.3 is 15.4 Å². The number of carbonyl (C=O) groups is 2. The van der Waals surface area contributed by atoms with E-state index in [9.17, 15) is 9.59 Å². The van der Waals surface area contributed by atoms with Gasteiger partial charge in [0.15, 0.2) is 0 Å². The van der Waals surface area contributed by atoms with Crippen molar-refractivity contribution in [2.75, 3.05) is 5.75 Å². The summed E-state index contributed by atoms with van der Waals surface area (Å²) in [5, 5.41) is 6.45. The molecule has 2 saturated heterocycles. The lowest BCUT2D eigenvalue weighted by Gasteiger charge is -2.17. The fraction of sp³-hybridized carbons (Fsp3) is 0.636. The van der Waals surface area contributed by atoms with E-state index in [1.165, 1.54) is 11.1 Å². The normalized spacial score (nSPS) is 30.7. The van der Waals surface area contributed by atoms with Crippen molar-refractivity contribution < 1.29 is 14.3 Å². The molecule has 0 aromatic heterocycles. The zero-order valence-corrected chi connectivity index (χ0v) is 17.5. The summed E-state index contributed by atoms with van der Waals surface area (Å²) >= 11 is 1.92. The zero-order valence-electron chi connectivity index (χ0n) is 16.6. The fourth-order valence-corrected chi connectivity index (χ4v) is 6.39. The number of hydrogen-bond acceptors (Lipinski definition) is 4.